The molecule has 0 aromatic heterocycles. The largest absolute Gasteiger partial charge is 0.314 e. The third-order valence-corrected chi connectivity index (χ3v) is 5.11. The van der Waals surface area contributed by atoms with Crippen LogP contribution in [0.3, 0.4) is 0 Å². The van der Waals surface area contributed by atoms with Crippen LogP contribution in [0.15, 0.2) is 0 Å². The van der Waals surface area contributed by atoms with Gasteiger partial charge < -0.3 is 10.2 Å². The van der Waals surface area contributed by atoms with Crippen molar-refractivity contribution >= 4 is 0 Å². The van der Waals surface area contributed by atoms with Crippen LogP contribution in [-0.4, -0.2) is 61.2 Å². The lowest BCUT2D eigenvalue weighted by molar-refractivity contribution is 0.0484. The van der Waals surface area contributed by atoms with Gasteiger partial charge in [-0.05, 0) is 58.2 Å². The standard InChI is InChI=1S/C15H29N3/c1-2-10-18-12-11-17(13-15(18)7-1)9-4-6-14-5-3-8-16-14/h14-16H,1-13H2. The summed E-state index contributed by atoms with van der Waals surface area (Å²) >= 11 is 0. The zero-order chi connectivity index (χ0) is 12.2. The summed E-state index contributed by atoms with van der Waals surface area (Å²) in [5, 5.41) is 3.61. The predicted molar refractivity (Wildman–Crippen MR) is 75.9 cm³/mol. The molecule has 0 spiro atoms. The van der Waals surface area contributed by atoms with Gasteiger partial charge in [-0.1, -0.05) is 6.42 Å². The van der Waals surface area contributed by atoms with Crippen molar-refractivity contribution in [1.29, 1.82) is 0 Å². The molecule has 3 nitrogen and oxygen atoms in total. The number of nitrogens with zero attached hydrogens (tertiary/aromatic N) is 2. The normalized spacial score (nSPS) is 34.7. The SMILES string of the molecule is C1CNC(CCCN2CCN3CCCCC3C2)C1. The van der Waals surface area contributed by atoms with E-state index < -0.39 is 0 Å². The van der Waals surface area contributed by atoms with E-state index in [1.54, 1.807) is 0 Å². The van der Waals surface area contributed by atoms with Crippen LogP contribution in [0.1, 0.15) is 44.9 Å². The number of rotatable bonds is 4. The van der Waals surface area contributed by atoms with Crippen molar-refractivity contribution in [3.63, 3.8) is 0 Å². The molecule has 3 saturated heterocycles. The molecule has 3 heteroatoms. The number of piperidine rings is 1. The lowest BCUT2D eigenvalue weighted by atomic mass is 9.99. The number of hydrogen-bond donors (Lipinski definition) is 1. The van der Waals surface area contributed by atoms with Crippen molar-refractivity contribution in [2.75, 3.05) is 39.3 Å². The van der Waals surface area contributed by atoms with E-state index in [2.05, 4.69) is 15.1 Å². The van der Waals surface area contributed by atoms with E-state index in [-0.39, 0.29) is 0 Å². The van der Waals surface area contributed by atoms with Crippen LogP contribution in [0.5, 0.6) is 0 Å². The van der Waals surface area contributed by atoms with Crippen molar-refractivity contribution < 1.29 is 0 Å². The third-order valence-electron chi connectivity index (χ3n) is 5.11. The Morgan fingerprint density at radius 3 is 2.89 bits per heavy atom. The Morgan fingerprint density at radius 2 is 2.00 bits per heavy atom. The lowest BCUT2D eigenvalue weighted by Gasteiger charge is -2.44. The summed E-state index contributed by atoms with van der Waals surface area (Å²) in [6.45, 7) is 7.94. The number of nitrogens with one attached hydrogen (secondary N) is 1. The van der Waals surface area contributed by atoms with E-state index in [1.165, 1.54) is 84.2 Å². The van der Waals surface area contributed by atoms with Gasteiger partial charge in [0.1, 0.15) is 0 Å². The first-order chi connectivity index (χ1) is 8.92. The van der Waals surface area contributed by atoms with Crippen LogP contribution in [0.4, 0.5) is 0 Å². The molecular weight excluding hydrogens is 222 g/mol. The van der Waals surface area contributed by atoms with Gasteiger partial charge in [0.2, 0.25) is 0 Å². The summed E-state index contributed by atoms with van der Waals surface area (Å²) in [7, 11) is 0. The molecule has 0 aliphatic carbocycles. The monoisotopic (exact) mass is 251 g/mol. The van der Waals surface area contributed by atoms with Crippen molar-refractivity contribution in [1.82, 2.24) is 15.1 Å². The molecular formula is C15H29N3. The zero-order valence-electron chi connectivity index (χ0n) is 11.7. The highest BCUT2D eigenvalue weighted by atomic mass is 15.3. The topological polar surface area (TPSA) is 18.5 Å². The number of fused-ring (bicyclic) bond motifs is 1. The summed E-state index contributed by atoms with van der Waals surface area (Å²) in [5.41, 5.74) is 0. The zero-order valence-corrected chi connectivity index (χ0v) is 11.7. The molecule has 0 saturated carbocycles. The summed E-state index contributed by atoms with van der Waals surface area (Å²) < 4.78 is 0. The highest BCUT2D eigenvalue weighted by Gasteiger charge is 2.28. The third kappa shape index (κ3) is 3.25. The molecule has 18 heavy (non-hydrogen) atoms. The molecule has 0 amide bonds. The van der Waals surface area contributed by atoms with Gasteiger partial charge in [0.25, 0.3) is 0 Å². The van der Waals surface area contributed by atoms with Crippen molar-refractivity contribution in [2.24, 2.45) is 0 Å². The summed E-state index contributed by atoms with van der Waals surface area (Å²) in [4.78, 5) is 5.46. The Balaban J connectivity index is 1.35. The highest BCUT2D eigenvalue weighted by molar-refractivity contribution is 4.85. The molecule has 0 aromatic rings. The second-order valence-corrected chi connectivity index (χ2v) is 6.42. The first-order valence-electron chi connectivity index (χ1n) is 8.11. The summed E-state index contributed by atoms with van der Waals surface area (Å²) in [5.74, 6) is 0. The lowest BCUT2D eigenvalue weighted by Crippen LogP contribution is -2.54. The predicted octanol–water partition coefficient (Wildman–Crippen LogP) is 1.69. The van der Waals surface area contributed by atoms with Crippen LogP contribution in [0, 0.1) is 0 Å². The maximum Gasteiger partial charge on any atom is 0.0223 e. The van der Waals surface area contributed by atoms with Crippen molar-refractivity contribution in [3.05, 3.63) is 0 Å². The smallest absolute Gasteiger partial charge is 0.0223 e. The first-order valence-corrected chi connectivity index (χ1v) is 8.11. The summed E-state index contributed by atoms with van der Waals surface area (Å²) in [6.07, 6.45) is 9.93. The van der Waals surface area contributed by atoms with E-state index in [9.17, 15) is 0 Å². The molecule has 2 atom stereocenters. The molecule has 0 bridgehead atoms. The Hall–Kier alpha value is -0.120. The van der Waals surface area contributed by atoms with E-state index in [0.29, 0.717) is 0 Å². The molecule has 0 radical (unpaired) electrons. The molecule has 3 aliphatic rings. The molecule has 1 N–H and O–H groups in total. The minimum Gasteiger partial charge on any atom is -0.314 e. The fourth-order valence-electron chi connectivity index (χ4n) is 3.99. The van der Waals surface area contributed by atoms with Crippen LogP contribution in [0.2, 0.25) is 0 Å². The van der Waals surface area contributed by atoms with Crippen molar-refractivity contribution in [2.45, 2.75) is 57.0 Å². The van der Waals surface area contributed by atoms with Gasteiger partial charge in [-0.25, -0.2) is 0 Å². The van der Waals surface area contributed by atoms with Gasteiger partial charge in [-0.3, -0.25) is 4.90 Å². The quantitative estimate of drug-likeness (QED) is 0.820. The van der Waals surface area contributed by atoms with Gasteiger partial charge in [-0.15, -0.1) is 0 Å². The molecule has 104 valence electrons. The fraction of sp³-hybridized carbons (Fsp3) is 1.00. The maximum absolute atomic E-state index is 3.61. The van der Waals surface area contributed by atoms with E-state index in [4.69, 9.17) is 0 Å². The second kappa shape index (κ2) is 6.36. The van der Waals surface area contributed by atoms with Crippen molar-refractivity contribution in [3.8, 4) is 0 Å². The number of hydrogen-bond acceptors (Lipinski definition) is 3. The van der Waals surface area contributed by atoms with Crippen LogP contribution in [-0.2, 0) is 0 Å². The minimum absolute atomic E-state index is 0.834. The first kappa shape index (κ1) is 12.9. The van der Waals surface area contributed by atoms with E-state index >= 15 is 0 Å². The van der Waals surface area contributed by atoms with E-state index in [0.717, 1.165) is 12.1 Å². The van der Waals surface area contributed by atoms with Gasteiger partial charge >= 0.3 is 0 Å². The average Bonchev–Trinajstić information content (AvgIpc) is 2.92. The minimum atomic E-state index is 0.834. The van der Waals surface area contributed by atoms with Crippen LogP contribution < -0.4 is 5.32 Å². The number of piperazine rings is 1. The molecule has 3 aliphatic heterocycles. The van der Waals surface area contributed by atoms with E-state index in [1.807, 2.05) is 0 Å². The maximum atomic E-state index is 3.61. The fourth-order valence-corrected chi connectivity index (χ4v) is 3.99. The highest BCUT2D eigenvalue weighted by Crippen LogP contribution is 2.21. The van der Waals surface area contributed by atoms with Gasteiger partial charge in [0, 0.05) is 31.7 Å². The Bertz CT molecular complexity index is 250. The average molecular weight is 251 g/mol. The Kier molecular flexibility index (Phi) is 4.55. The summed E-state index contributed by atoms with van der Waals surface area (Å²) in [6, 6.07) is 1.72. The van der Waals surface area contributed by atoms with Gasteiger partial charge in [-0.2, -0.15) is 0 Å². The van der Waals surface area contributed by atoms with Gasteiger partial charge in [0.15, 0.2) is 0 Å². The second-order valence-electron chi connectivity index (χ2n) is 6.42. The van der Waals surface area contributed by atoms with Crippen LogP contribution in [0.25, 0.3) is 0 Å². The van der Waals surface area contributed by atoms with Gasteiger partial charge in [0.05, 0.1) is 0 Å². The molecule has 0 aromatic carbocycles. The molecule has 3 fully saturated rings. The molecule has 2 unspecified atom stereocenters. The van der Waals surface area contributed by atoms with Crippen LogP contribution >= 0.6 is 0 Å². The Labute approximate surface area is 112 Å². The Morgan fingerprint density at radius 1 is 1.00 bits per heavy atom. The molecule has 3 heterocycles. The molecule has 3 rings (SSSR count).